The number of halogens is 5. The lowest BCUT2D eigenvalue weighted by molar-refractivity contribution is -0.137. The van der Waals surface area contributed by atoms with Crippen molar-refractivity contribution in [2.24, 2.45) is 0 Å². The number of alkyl halides is 3. The highest BCUT2D eigenvalue weighted by Gasteiger charge is 2.33. The number of methoxy groups -OCH3 is 1. The summed E-state index contributed by atoms with van der Waals surface area (Å²) in [7, 11) is -3.44. The van der Waals surface area contributed by atoms with Crippen molar-refractivity contribution in [1.82, 2.24) is 9.80 Å². The van der Waals surface area contributed by atoms with Crippen LogP contribution in [0.3, 0.4) is 0 Å². The van der Waals surface area contributed by atoms with Crippen LogP contribution in [-0.2, 0) is 28.0 Å². The van der Waals surface area contributed by atoms with Crippen molar-refractivity contribution in [2.45, 2.75) is 50.3 Å². The Bertz CT molecular complexity index is 3050. The van der Waals surface area contributed by atoms with Crippen molar-refractivity contribution in [2.75, 3.05) is 44.6 Å². The maximum absolute atomic E-state index is 15.6. The number of ether oxygens (including phenoxy) is 1. The van der Waals surface area contributed by atoms with Crippen LogP contribution < -0.4 is 4.90 Å². The smallest absolute Gasteiger partial charge is 0.384 e. The predicted molar refractivity (Wildman–Crippen MR) is 198 cm³/mol. The molecule has 2 heterocycles. The van der Waals surface area contributed by atoms with Crippen molar-refractivity contribution in [3.05, 3.63) is 135 Å². The molecule has 4 aromatic rings. The van der Waals surface area contributed by atoms with Gasteiger partial charge in [-0.3, -0.25) is 4.79 Å². The van der Waals surface area contributed by atoms with E-state index in [4.69, 9.17) is 32.9 Å². The van der Waals surface area contributed by atoms with E-state index < -0.39 is 235 Å². The number of carbonyl (C=O) groups excluding carboxylic acids is 1. The van der Waals surface area contributed by atoms with Gasteiger partial charge in [0.05, 0.1) is 44.6 Å². The first kappa shape index (κ1) is 18.4. The zero-order valence-electron chi connectivity index (χ0n) is 51.3. The van der Waals surface area contributed by atoms with E-state index in [1.807, 2.05) is 0 Å². The third-order valence-corrected chi connectivity index (χ3v) is 8.79. The fraction of sp³-hybridized carbons (Fsp3) is 0.341. The lowest BCUT2D eigenvalue weighted by atomic mass is 9.99. The number of hydrogen-bond acceptors (Lipinski definition) is 6. The quantitative estimate of drug-likeness (QED) is 0.146. The van der Waals surface area contributed by atoms with Gasteiger partial charge in [0, 0.05) is 67.2 Å². The Labute approximate surface area is 344 Å². The van der Waals surface area contributed by atoms with E-state index in [0.29, 0.717) is 4.90 Å². The minimum atomic E-state index is -5.42. The molecule has 0 bridgehead atoms. The first-order valence-corrected chi connectivity index (χ1v) is 16.3. The Morgan fingerprint density at radius 2 is 1.74 bits per heavy atom. The van der Waals surface area contributed by atoms with Crippen LogP contribution in [0.1, 0.15) is 79.7 Å². The molecular weight excluding hydrogens is 710 g/mol. The lowest BCUT2D eigenvalue weighted by Gasteiger charge is -2.40. The minimum Gasteiger partial charge on any atom is -0.384 e. The van der Waals surface area contributed by atoms with E-state index in [-0.39, 0.29) is 17.3 Å². The summed E-state index contributed by atoms with van der Waals surface area (Å²) in [6.07, 6.45) is -8.52. The number of aliphatic hydroxyl groups excluding tert-OH is 1. The monoisotopic (exact) mass is 775 g/mol. The Morgan fingerprint density at radius 3 is 2.42 bits per heavy atom. The summed E-state index contributed by atoms with van der Waals surface area (Å²) in [6, 6.07) is -19.1. The Hall–Kier alpha value is -4.23. The fourth-order valence-electron chi connectivity index (χ4n) is 5.38. The number of carbonyl (C=O) groups is 1. The van der Waals surface area contributed by atoms with Crippen molar-refractivity contribution < 1.29 is 69.5 Å². The summed E-state index contributed by atoms with van der Waals surface area (Å²) < 4.78 is 278. The van der Waals surface area contributed by atoms with E-state index in [0.717, 1.165) is 9.80 Å². The molecule has 2 aliphatic heterocycles. The molecule has 0 spiro atoms. The van der Waals surface area contributed by atoms with Gasteiger partial charge in [0.15, 0.2) is 11.6 Å². The lowest BCUT2D eigenvalue weighted by Crippen LogP contribution is -2.50. The van der Waals surface area contributed by atoms with Gasteiger partial charge in [0.25, 0.3) is 0 Å². The van der Waals surface area contributed by atoms with Gasteiger partial charge in [-0.25, -0.2) is 8.78 Å². The highest BCUT2D eigenvalue weighted by Crippen LogP contribution is 2.41. The first-order valence-electron chi connectivity index (χ1n) is 27.5. The molecule has 280 valence electrons. The largest absolute Gasteiger partial charge is 0.416 e. The first-order chi connectivity index (χ1) is 35.1. The van der Waals surface area contributed by atoms with Gasteiger partial charge >= 0.3 is 6.18 Å². The fourth-order valence-corrected chi connectivity index (χ4v) is 6.16. The molecule has 1 atom stereocenters. The third-order valence-electron chi connectivity index (χ3n) is 7.95. The van der Waals surface area contributed by atoms with Crippen LogP contribution in [0, 0.1) is 18.6 Å². The molecule has 1 unspecified atom stereocenters. The molecule has 6 nitrogen and oxygen atoms in total. The van der Waals surface area contributed by atoms with Gasteiger partial charge in [0.1, 0.15) is 12.6 Å². The topological polar surface area (TPSA) is 56.3 Å². The number of aliphatic hydroxyl groups is 1. The molecule has 53 heavy (non-hydrogen) atoms. The highest BCUT2D eigenvalue weighted by atomic mass is 32.2. The number of fused-ring (bicyclic) bond motifs is 1. The second kappa shape index (κ2) is 16.8. The molecule has 0 aromatic heterocycles. The van der Waals surface area contributed by atoms with Crippen LogP contribution in [0.15, 0.2) is 95.7 Å². The Balaban J connectivity index is 1.55. The van der Waals surface area contributed by atoms with Crippen molar-refractivity contribution in [3.8, 4) is 11.1 Å². The van der Waals surface area contributed by atoms with Crippen LogP contribution in [-0.4, -0.2) is 66.6 Å². The van der Waals surface area contributed by atoms with Crippen molar-refractivity contribution in [1.29, 1.82) is 0 Å². The standard InChI is InChI=1S/C41H42F5N3O3S/c1-27-6-15-36-34(22-27)37(50)23-39(53-26-31-4-3-5-35(42)40(31)43)49(36)25-38(51)48(33-16-18-47(19-17-33)20-21-52-2)24-28-7-9-29(10-8-28)30-11-13-32(14-12-30)41(44,45)46/h3-15,22-23,33,37,50H,16-21,24-26H2,1-2H3/i2D3,3D,4D,5D,6D,7D,8D,9D,10D,11D,12D,13D,14D,15D,20D2,21D2,22D,23D,26D2. The summed E-state index contributed by atoms with van der Waals surface area (Å²) in [6.45, 7) is -8.95. The Kier molecular flexibility index (Phi) is 5.85. The molecule has 6 rings (SSSR count). The summed E-state index contributed by atoms with van der Waals surface area (Å²) in [5.74, 6) is -5.43. The zero-order valence-corrected chi connectivity index (χ0v) is 28.1. The van der Waals surface area contributed by atoms with E-state index in [1.165, 1.54) is 6.92 Å². The SMILES string of the molecule is [2H]C1=C(SC([2H])([2H])c2c([2H])c([2H])c([2H])c(F)c2F)N(CC(=O)N(Cc2c([2H])c([2H])c(-c3c([2H])c([2H])c(C(F)(F)F)c([2H])c3[2H])c([2H])c2[2H])C2CCN(C([2H])([2H])C([2H])([2H])OC([2H])([2H])[2H])CC2)c2c([2H])c([2H])c(C)c([2H])c2C1O. The van der Waals surface area contributed by atoms with Crippen LogP contribution in [0.25, 0.3) is 11.1 Å². The van der Waals surface area contributed by atoms with E-state index in [1.54, 1.807) is 0 Å². The van der Waals surface area contributed by atoms with E-state index in [9.17, 15) is 22.7 Å². The second-order valence-corrected chi connectivity index (χ2v) is 12.2. The van der Waals surface area contributed by atoms with E-state index in [2.05, 4.69) is 4.74 Å². The van der Waals surface area contributed by atoms with Gasteiger partial charge in [-0.1, -0.05) is 66.0 Å². The molecule has 1 fully saturated rings. The maximum Gasteiger partial charge on any atom is 0.416 e. The second-order valence-electron chi connectivity index (χ2n) is 11.4. The summed E-state index contributed by atoms with van der Waals surface area (Å²) in [5.41, 5.74) is -11.3. The molecule has 1 N–H and O–H groups in total. The predicted octanol–water partition coefficient (Wildman–Crippen LogP) is 8.73. The molecule has 12 heteroatoms. The molecule has 1 amide bonds. The number of nitrogens with zero attached hydrogens (tertiary/aromatic N) is 3. The number of benzene rings is 4. The normalized spacial score (nSPS) is 24.4. The average molecular weight is 776 g/mol. The molecule has 2 aliphatic rings. The Morgan fingerprint density at radius 1 is 1.04 bits per heavy atom. The van der Waals surface area contributed by atoms with Gasteiger partial charge in [-0.15, -0.1) is 11.8 Å². The summed E-state index contributed by atoms with van der Waals surface area (Å²) in [4.78, 5) is 17.6. The summed E-state index contributed by atoms with van der Waals surface area (Å²) in [5, 5.41) is 10.6. The number of anilines is 1. The van der Waals surface area contributed by atoms with Gasteiger partial charge in [0.2, 0.25) is 5.91 Å². The molecular formula is C41H42F5N3O3S. The number of amides is 1. The number of likely N-dealkylation sites (tertiary alicyclic amines) is 1. The number of rotatable bonds is 12. The molecule has 0 radical (unpaired) electrons. The van der Waals surface area contributed by atoms with Crippen LogP contribution in [0.2, 0.25) is 0 Å². The molecule has 0 saturated carbocycles. The van der Waals surface area contributed by atoms with Crippen molar-refractivity contribution in [3.63, 3.8) is 0 Å². The van der Waals surface area contributed by atoms with Gasteiger partial charge in [-0.05, 0) is 66.7 Å². The zero-order chi connectivity index (χ0) is 58.6. The van der Waals surface area contributed by atoms with Crippen molar-refractivity contribution >= 4 is 23.4 Å². The van der Waals surface area contributed by atoms with Gasteiger partial charge < -0.3 is 24.5 Å². The van der Waals surface area contributed by atoms with Crippen LogP contribution in [0.5, 0.6) is 0 Å². The molecule has 4 aromatic carbocycles. The average Bonchev–Trinajstić information content (AvgIpc) is 3.32. The molecule has 0 aliphatic carbocycles. The number of piperidine rings is 1. The number of hydrogen-bond donors (Lipinski definition) is 1. The van der Waals surface area contributed by atoms with Crippen LogP contribution in [0.4, 0.5) is 27.6 Å². The third kappa shape index (κ3) is 9.29. The van der Waals surface area contributed by atoms with E-state index >= 15 is 9.18 Å². The molecule has 1 saturated heterocycles. The summed E-state index contributed by atoms with van der Waals surface area (Å²) >= 11 is -0.269. The maximum atomic E-state index is 15.6. The highest BCUT2D eigenvalue weighted by molar-refractivity contribution is 8.02. The van der Waals surface area contributed by atoms with Gasteiger partial charge in [-0.2, -0.15) is 13.2 Å². The number of thioether (sulfide) groups is 1. The minimum absolute atomic E-state index is 0.230. The van der Waals surface area contributed by atoms with Crippen LogP contribution >= 0.6 is 11.8 Å².